The zero-order valence-corrected chi connectivity index (χ0v) is 16.3. The van der Waals surface area contributed by atoms with Crippen molar-refractivity contribution in [1.29, 1.82) is 0 Å². The number of rotatable bonds is 3. The predicted octanol–water partition coefficient (Wildman–Crippen LogP) is 4.92. The quantitative estimate of drug-likeness (QED) is 0.733. The van der Waals surface area contributed by atoms with Crippen LogP contribution in [0.3, 0.4) is 0 Å². The van der Waals surface area contributed by atoms with Gasteiger partial charge in [0.15, 0.2) is 0 Å². The smallest absolute Gasteiger partial charge is 0.230 e. The van der Waals surface area contributed by atoms with Crippen LogP contribution in [-0.2, 0) is 9.53 Å². The molecule has 3 heterocycles. The second-order valence-electron chi connectivity index (χ2n) is 7.37. The lowest BCUT2D eigenvalue weighted by molar-refractivity contribution is -0.122. The summed E-state index contributed by atoms with van der Waals surface area (Å²) in [7, 11) is 0. The fraction of sp³-hybridized carbons (Fsp3) is 0.400. The number of amides is 1. The van der Waals surface area contributed by atoms with Crippen LogP contribution in [0.1, 0.15) is 25.3 Å². The molecule has 4 rings (SSSR count). The molecule has 27 heavy (non-hydrogen) atoms. The lowest BCUT2D eigenvalue weighted by Gasteiger charge is -2.34. The van der Waals surface area contributed by atoms with Crippen LogP contribution in [0.4, 0.5) is 10.1 Å². The van der Waals surface area contributed by atoms with Gasteiger partial charge in [0, 0.05) is 17.8 Å². The van der Waals surface area contributed by atoms with Crippen LogP contribution in [-0.4, -0.2) is 23.1 Å². The molecule has 2 aliphatic rings. The Bertz CT molecular complexity index is 894. The maximum atomic E-state index is 13.7. The highest BCUT2D eigenvalue weighted by Crippen LogP contribution is 2.54. The summed E-state index contributed by atoms with van der Waals surface area (Å²) in [6.45, 7) is 4.21. The van der Waals surface area contributed by atoms with E-state index in [1.165, 1.54) is 12.3 Å². The van der Waals surface area contributed by atoms with E-state index >= 15 is 0 Å². The number of nitrogens with one attached hydrogen (secondary N) is 1. The monoisotopic (exact) mass is 408 g/mol. The van der Waals surface area contributed by atoms with Gasteiger partial charge in [0.1, 0.15) is 0 Å². The number of halogens is 3. The molecule has 7 heteroatoms. The number of hydrogen-bond acceptors (Lipinski definition) is 3. The largest absolute Gasteiger partial charge is 0.373 e. The average Bonchev–Trinajstić information content (AvgIpc) is 3.15. The van der Waals surface area contributed by atoms with Gasteiger partial charge in [-0.3, -0.25) is 4.79 Å². The van der Waals surface area contributed by atoms with E-state index in [4.69, 9.17) is 27.9 Å². The molecular formula is C20H19Cl2FN2O2. The minimum Gasteiger partial charge on any atom is -0.373 e. The third kappa shape index (κ3) is 3.22. The van der Waals surface area contributed by atoms with E-state index in [0.717, 1.165) is 5.56 Å². The van der Waals surface area contributed by atoms with E-state index in [-0.39, 0.29) is 35.9 Å². The molecule has 2 aliphatic heterocycles. The third-order valence-corrected chi connectivity index (χ3v) is 6.64. The maximum absolute atomic E-state index is 13.7. The summed E-state index contributed by atoms with van der Waals surface area (Å²) in [4.78, 5) is 16.8. The van der Waals surface area contributed by atoms with Crippen molar-refractivity contribution in [2.75, 3.05) is 5.32 Å². The Morgan fingerprint density at radius 3 is 2.56 bits per heavy atom. The van der Waals surface area contributed by atoms with E-state index in [2.05, 4.69) is 24.1 Å². The van der Waals surface area contributed by atoms with Gasteiger partial charge in [0.05, 0.1) is 28.2 Å². The summed E-state index contributed by atoms with van der Waals surface area (Å²) < 4.78 is 19.9. The van der Waals surface area contributed by atoms with Crippen LogP contribution in [0.5, 0.6) is 0 Å². The Morgan fingerprint density at radius 2 is 1.85 bits per heavy atom. The van der Waals surface area contributed by atoms with Crippen molar-refractivity contribution in [1.82, 2.24) is 4.98 Å². The lowest BCUT2D eigenvalue weighted by atomic mass is 9.67. The topological polar surface area (TPSA) is 51.2 Å². The Labute approximate surface area is 167 Å². The van der Waals surface area contributed by atoms with Crippen molar-refractivity contribution in [3.05, 3.63) is 58.1 Å². The molecule has 4 nitrogen and oxygen atoms in total. The van der Waals surface area contributed by atoms with Gasteiger partial charge in [-0.2, -0.15) is 4.39 Å². The van der Waals surface area contributed by atoms with E-state index < -0.39 is 11.9 Å². The molecule has 5 unspecified atom stereocenters. The SMILES string of the molecule is CC1C2OC(C(c3ccnc(F)c3)C2C(=O)Nc2ccc(Cl)c(Cl)c2)[C@H]1C. The van der Waals surface area contributed by atoms with Gasteiger partial charge in [0.2, 0.25) is 11.9 Å². The molecule has 1 N–H and O–H groups in total. The summed E-state index contributed by atoms with van der Waals surface area (Å²) in [5.74, 6) is -0.840. The second-order valence-corrected chi connectivity index (χ2v) is 8.18. The van der Waals surface area contributed by atoms with Crippen LogP contribution in [0, 0.1) is 23.7 Å². The first-order valence-corrected chi connectivity index (χ1v) is 9.65. The van der Waals surface area contributed by atoms with E-state index in [9.17, 15) is 9.18 Å². The molecule has 6 atom stereocenters. The molecule has 2 saturated heterocycles. The zero-order chi connectivity index (χ0) is 19.3. The van der Waals surface area contributed by atoms with Crippen molar-refractivity contribution in [3.8, 4) is 0 Å². The van der Waals surface area contributed by atoms with Crippen molar-refractivity contribution < 1.29 is 13.9 Å². The Kier molecular flexibility index (Phi) is 4.87. The van der Waals surface area contributed by atoms with Gasteiger partial charge in [0.25, 0.3) is 0 Å². The van der Waals surface area contributed by atoms with Crippen LogP contribution in [0.25, 0.3) is 0 Å². The molecule has 2 aromatic rings. The van der Waals surface area contributed by atoms with Crippen LogP contribution in [0.2, 0.25) is 10.0 Å². The number of benzene rings is 1. The lowest BCUT2D eigenvalue weighted by Crippen LogP contribution is -2.42. The Balaban J connectivity index is 1.65. The van der Waals surface area contributed by atoms with E-state index in [1.54, 1.807) is 24.3 Å². The van der Waals surface area contributed by atoms with Crippen molar-refractivity contribution in [3.63, 3.8) is 0 Å². The number of anilines is 1. The number of hydrogen-bond donors (Lipinski definition) is 1. The highest BCUT2D eigenvalue weighted by molar-refractivity contribution is 6.42. The zero-order valence-electron chi connectivity index (χ0n) is 14.8. The highest BCUT2D eigenvalue weighted by atomic mass is 35.5. The number of carbonyl (C=O) groups is 1. The molecule has 1 amide bonds. The van der Waals surface area contributed by atoms with Gasteiger partial charge in [-0.05, 0) is 47.7 Å². The first-order valence-electron chi connectivity index (χ1n) is 8.89. The van der Waals surface area contributed by atoms with Crippen LogP contribution in [0.15, 0.2) is 36.5 Å². The molecule has 142 valence electrons. The molecule has 0 spiro atoms. The van der Waals surface area contributed by atoms with E-state index in [1.807, 2.05) is 0 Å². The Morgan fingerprint density at radius 1 is 1.11 bits per heavy atom. The Hall–Kier alpha value is -1.69. The fourth-order valence-electron chi connectivity index (χ4n) is 4.39. The van der Waals surface area contributed by atoms with Gasteiger partial charge < -0.3 is 10.1 Å². The summed E-state index contributed by atoms with van der Waals surface area (Å²) >= 11 is 12.0. The van der Waals surface area contributed by atoms with Gasteiger partial charge in [-0.1, -0.05) is 37.0 Å². The van der Waals surface area contributed by atoms with Crippen LogP contribution >= 0.6 is 23.2 Å². The predicted molar refractivity (Wildman–Crippen MR) is 103 cm³/mol. The van der Waals surface area contributed by atoms with Gasteiger partial charge in [-0.15, -0.1) is 0 Å². The fourth-order valence-corrected chi connectivity index (χ4v) is 4.69. The maximum Gasteiger partial charge on any atom is 0.230 e. The molecule has 0 aliphatic carbocycles. The molecule has 1 aromatic carbocycles. The minimum atomic E-state index is -0.556. The van der Waals surface area contributed by atoms with Crippen molar-refractivity contribution >= 4 is 34.8 Å². The van der Waals surface area contributed by atoms with Gasteiger partial charge >= 0.3 is 0 Å². The minimum absolute atomic E-state index is 0.128. The average molecular weight is 409 g/mol. The summed E-state index contributed by atoms with van der Waals surface area (Å²) in [6, 6.07) is 8.10. The number of ether oxygens (including phenoxy) is 1. The van der Waals surface area contributed by atoms with E-state index in [0.29, 0.717) is 15.7 Å². The standard InChI is InChI=1S/C20H19Cl2FN2O2/c1-9-10(2)19-17(20(26)25-12-3-4-13(21)14(22)8-12)16(18(9)27-19)11-5-6-24-15(23)7-11/h3-10,16-19H,1-2H3,(H,25,26)/t9-,10?,16?,17?,18?,19?/m0/s1. The number of nitrogens with zero attached hydrogens (tertiary/aromatic N) is 1. The molecule has 0 saturated carbocycles. The number of aromatic nitrogens is 1. The highest BCUT2D eigenvalue weighted by Gasteiger charge is 2.59. The summed E-state index contributed by atoms with van der Waals surface area (Å²) in [5.41, 5.74) is 1.31. The second kappa shape index (κ2) is 7.04. The number of fused-ring (bicyclic) bond motifs is 2. The summed E-state index contributed by atoms with van der Waals surface area (Å²) in [6.07, 6.45) is 1.09. The number of carbonyl (C=O) groups excluding carboxylic acids is 1. The van der Waals surface area contributed by atoms with Crippen molar-refractivity contribution in [2.24, 2.45) is 17.8 Å². The normalized spacial score (nSPS) is 31.9. The molecule has 1 aromatic heterocycles. The molecule has 2 bridgehead atoms. The first kappa shape index (κ1) is 18.7. The molecule has 0 radical (unpaired) electrons. The summed E-state index contributed by atoms with van der Waals surface area (Å²) in [5, 5.41) is 3.71. The molecular weight excluding hydrogens is 390 g/mol. The number of pyridine rings is 1. The third-order valence-electron chi connectivity index (χ3n) is 5.90. The van der Waals surface area contributed by atoms with Crippen LogP contribution < -0.4 is 5.32 Å². The molecule has 2 fully saturated rings. The van der Waals surface area contributed by atoms with Crippen molar-refractivity contribution in [2.45, 2.75) is 32.0 Å². The first-order chi connectivity index (χ1) is 12.9. The van der Waals surface area contributed by atoms with Gasteiger partial charge in [-0.25, -0.2) is 4.98 Å².